The van der Waals surface area contributed by atoms with Crippen LogP contribution in [0.15, 0.2) is 24.3 Å². The van der Waals surface area contributed by atoms with Crippen LogP contribution < -0.4 is 11.1 Å². The molecule has 0 aromatic heterocycles. The molecule has 0 bridgehead atoms. The number of rotatable bonds is 7. The van der Waals surface area contributed by atoms with Gasteiger partial charge in [0.05, 0.1) is 0 Å². The van der Waals surface area contributed by atoms with E-state index in [9.17, 15) is 4.79 Å². The van der Waals surface area contributed by atoms with Gasteiger partial charge in [-0.25, -0.2) is 0 Å². The van der Waals surface area contributed by atoms with Crippen LogP contribution in [-0.4, -0.2) is 29.9 Å². The predicted octanol–water partition coefficient (Wildman–Crippen LogP) is 2.96. The molecule has 0 spiro atoms. The molecule has 1 amide bonds. The maximum absolute atomic E-state index is 12.0. The number of hydrogen-bond acceptors (Lipinski definition) is 3. The minimum atomic E-state index is 0.0324. The first-order valence-corrected chi connectivity index (χ1v) is 7.28. The van der Waals surface area contributed by atoms with Gasteiger partial charge in [-0.3, -0.25) is 4.79 Å². The molecule has 1 rings (SSSR count). The van der Waals surface area contributed by atoms with Gasteiger partial charge in [0.25, 0.3) is 0 Å². The highest BCUT2D eigenvalue weighted by atomic mass is 16.1. The van der Waals surface area contributed by atoms with Crippen LogP contribution >= 0.6 is 0 Å². The van der Waals surface area contributed by atoms with Crippen LogP contribution in [0.2, 0.25) is 0 Å². The first-order chi connectivity index (χ1) is 9.38. The lowest BCUT2D eigenvalue weighted by Crippen LogP contribution is -2.36. The minimum Gasteiger partial charge on any atom is -0.399 e. The smallest absolute Gasteiger partial charge is 0.225 e. The monoisotopic (exact) mass is 277 g/mol. The van der Waals surface area contributed by atoms with Crippen molar-refractivity contribution in [2.75, 3.05) is 24.1 Å². The summed E-state index contributed by atoms with van der Waals surface area (Å²) in [4.78, 5) is 14.3. The van der Waals surface area contributed by atoms with Gasteiger partial charge < -0.3 is 16.0 Å². The molecule has 0 heterocycles. The van der Waals surface area contributed by atoms with Crippen LogP contribution in [0.3, 0.4) is 0 Å². The summed E-state index contributed by atoms with van der Waals surface area (Å²) in [5.41, 5.74) is 7.11. The summed E-state index contributed by atoms with van der Waals surface area (Å²) in [5.74, 6) is 0.638. The van der Waals surface area contributed by atoms with Gasteiger partial charge in [0, 0.05) is 36.9 Å². The molecule has 0 radical (unpaired) electrons. The molecule has 0 aliphatic carbocycles. The first-order valence-electron chi connectivity index (χ1n) is 7.28. The van der Waals surface area contributed by atoms with Gasteiger partial charge >= 0.3 is 0 Å². The maximum atomic E-state index is 12.0. The van der Waals surface area contributed by atoms with Crippen molar-refractivity contribution < 1.29 is 4.79 Å². The van der Waals surface area contributed by atoms with Crippen LogP contribution in [-0.2, 0) is 4.79 Å². The van der Waals surface area contributed by atoms with Crippen LogP contribution in [0.25, 0.3) is 0 Å². The molecule has 0 saturated carbocycles. The lowest BCUT2D eigenvalue weighted by Gasteiger charge is -2.27. The Labute approximate surface area is 122 Å². The SMILES string of the molecule is CC(C)CN(CCC(=O)Nc1cccc(N)c1)C(C)C. The number of carbonyl (C=O) groups excluding carboxylic acids is 1. The topological polar surface area (TPSA) is 58.4 Å². The molecule has 0 aliphatic heterocycles. The van der Waals surface area contributed by atoms with Gasteiger partial charge in [-0.2, -0.15) is 0 Å². The van der Waals surface area contributed by atoms with Crippen molar-refractivity contribution in [1.82, 2.24) is 4.90 Å². The quantitative estimate of drug-likeness (QED) is 0.753. The van der Waals surface area contributed by atoms with Gasteiger partial charge in [-0.1, -0.05) is 19.9 Å². The average Bonchev–Trinajstić information content (AvgIpc) is 2.33. The zero-order valence-electron chi connectivity index (χ0n) is 13.0. The summed E-state index contributed by atoms with van der Waals surface area (Å²) in [5, 5.41) is 2.88. The van der Waals surface area contributed by atoms with Gasteiger partial charge in [0.1, 0.15) is 0 Å². The molecule has 4 nitrogen and oxygen atoms in total. The number of nitrogens with two attached hydrogens (primary N) is 1. The molecule has 20 heavy (non-hydrogen) atoms. The lowest BCUT2D eigenvalue weighted by molar-refractivity contribution is -0.116. The van der Waals surface area contributed by atoms with Gasteiger partial charge in [-0.05, 0) is 38.0 Å². The third kappa shape index (κ3) is 6.06. The van der Waals surface area contributed by atoms with Crippen molar-refractivity contribution in [2.24, 2.45) is 5.92 Å². The van der Waals surface area contributed by atoms with E-state index in [1.807, 2.05) is 12.1 Å². The highest BCUT2D eigenvalue weighted by Crippen LogP contribution is 2.12. The summed E-state index contributed by atoms with van der Waals surface area (Å²) in [7, 11) is 0. The third-order valence-electron chi connectivity index (χ3n) is 3.13. The molecular weight excluding hydrogens is 250 g/mol. The molecule has 1 aromatic carbocycles. The van der Waals surface area contributed by atoms with E-state index in [-0.39, 0.29) is 5.91 Å². The second-order valence-electron chi connectivity index (χ2n) is 5.91. The Morgan fingerprint density at radius 2 is 2.00 bits per heavy atom. The van der Waals surface area contributed by atoms with E-state index in [1.165, 1.54) is 0 Å². The van der Waals surface area contributed by atoms with Crippen LogP contribution in [0.5, 0.6) is 0 Å². The predicted molar refractivity (Wildman–Crippen MR) is 85.6 cm³/mol. The summed E-state index contributed by atoms with van der Waals surface area (Å²) in [6, 6.07) is 7.72. The summed E-state index contributed by atoms with van der Waals surface area (Å²) < 4.78 is 0. The van der Waals surface area contributed by atoms with Gasteiger partial charge in [-0.15, -0.1) is 0 Å². The van der Waals surface area contributed by atoms with E-state index in [2.05, 4.69) is 37.9 Å². The molecule has 1 aromatic rings. The molecule has 0 aliphatic rings. The molecule has 0 saturated heterocycles. The molecule has 112 valence electrons. The summed E-state index contributed by atoms with van der Waals surface area (Å²) in [6.07, 6.45) is 0.500. The molecule has 0 atom stereocenters. The number of nitrogen functional groups attached to an aromatic ring is 1. The Hall–Kier alpha value is -1.55. The lowest BCUT2D eigenvalue weighted by atomic mass is 10.1. The fourth-order valence-electron chi connectivity index (χ4n) is 2.11. The second-order valence-corrected chi connectivity index (χ2v) is 5.91. The van der Waals surface area contributed by atoms with Gasteiger partial charge in [0.15, 0.2) is 0 Å². The number of anilines is 2. The van der Waals surface area contributed by atoms with E-state index in [1.54, 1.807) is 12.1 Å². The number of hydrogen-bond donors (Lipinski definition) is 2. The van der Waals surface area contributed by atoms with E-state index < -0.39 is 0 Å². The fraction of sp³-hybridized carbons (Fsp3) is 0.562. The zero-order chi connectivity index (χ0) is 15.1. The van der Waals surface area contributed by atoms with Crippen molar-refractivity contribution in [3.63, 3.8) is 0 Å². The molecule has 0 unspecified atom stereocenters. The van der Waals surface area contributed by atoms with Crippen molar-refractivity contribution >= 4 is 17.3 Å². The van der Waals surface area contributed by atoms with Crippen molar-refractivity contribution in [1.29, 1.82) is 0 Å². The normalized spacial score (nSPS) is 11.3. The van der Waals surface area contributed by atoms with Gasteiger partial charge in [0.2, 0.25) is 5.91 Å². The molecule has 4 heteroatoms. The van der Waals surface area contributed by atoms with E-state index in [0.717, 1.165) is 18.8 Å². The average molecular weight is 277 g/mol. The number of nitrogens with zero attached hydrogens (tertiary/aromatic N) is 1. The first kappa shape index (κ1) is 16.5. The Balaban J connectivity index is 2.45. The van der Waals surface area contributed by atoms with Crippen molar-refractivity contribution in [3.8, 4) is 0 Å². The highest BCUT2D eigenvalue weighted by molar-refractivity contribution is 5.91. The maximum Gasteiger partial charge on any atom is 0.225 e. The third-order valence-corrected chi connectivity index (χ3v) is 3.13. The van der Waals surface area contributed by atoms with Crippen LogP contribution in [0.4, 0.5) is 11.4 Å². The van der Waals surface area contributed by atoms with E-state index in [4.69, 9.17) is 5.73 Å². The van der Waals surface area contributed by atoms with Crippen LogP contribution in [0.1, 0.15) is 34.1 Å². The number of nitrogens with one attached hydrogen (secondary N) is 1. The van der Waals surface area contributed by atoms with Crippen LogP contribution in [0, 0.1) is 5.92 Å². The molecular formula is C16H27N3O. The van der Waals surface area contributed by atoms with E-state index >= 15 is 0 Å². The second kappa shape index (κ2) is 7.90. The Morgan fingerprint density at radius 1 is 1.30 bits per heavy atom. The Morgan fingerprint density at radius 3 is 2.55 bits per heavy atom. The van der Waals surface area contributed by atoms with Crippen molar-refractivity contribution in [2.45, 2.75) is 40.2 Å². The largest absolute Gasteiger partial charge is 0.399 e. The fourth-order valence-corrected chi connectivity index (χ4v) is 2.11. The Bertz CT molecular complexity index is 429. The number of amides is 1. The highest BCUT2D eigenvalue weighted by Gasteiger charge is 2.13. The summed E-state index contributed by atoms with van der Waals surface area (Å²) in [6.45, 7) is 10.5. The molecule has 0 fully saturated rings. The number of carbonyl (C=O) groups is 1. The standard InChI is InChI=1S/C16H27N3O/c1-12(2)11-19(13(3)4)9-8-16(20)18-15-7-5-6-14(17)10-15/h5-7,10,12-13H,8-9,11,17H2,1-4H3,(H,18,20). The zero-order valence-corrected chi connectivity index (χ0v) is 13.0. The minimum absolute atomic E-state index is 0.0324. The number of benzene rings is 1. The Kier molecular flexibility index (Phi) is 6.52. The molecule has 3 N–H and O–H groups in total. The van der Waals surface area contributed by atoms with E-state index in [0.29, 0.717) is 24.1 Å². The summed E-state index contributed by atoms with van der Waals surface area (Å²) >= 11 is 0. The van der Waals surface area contributed by atoms with Crippen molar-refractivity contribution in [3.05, 3.63) is 24.3 Å².